The predicted molar refractivity (Wildman–Crippen MR) is 131 cm³/mol. The summed E-state index contributed by atoms with van der Waals surface area (Å²) < 4.78 is 2.39. The Morgan fingerprint density at radius 1 is 1.38 bits per heavy atom. The van der Waals surface area contributed by atoms with Crippen LogP contribution in [0.15, 0.2) is 43.3 Å². The summed E-state index contributed by atoms with van der Waals surface area (Å²) in [5, 5.41) is 5.46. The number of rotatable bonds is 6. The second kappa shape index (κ2) is 8.90. The number of amides is 1. The third-order valence-corrected chi connectivity index (χ3v) is 7.38. The van der Waals surface area contributed by atoms with Crippen LogP contribution < -0.4 is 5.32 Å². The van der Waals surface area contributed by atoms with E-state index in [2.05, 4.69) is 52.8 Å². The highest BCUT2D eigenvalue weighted by Gasteiger charge is 2.21. The van der Waals surface area contributed by atoms with E-state index in [1.54, 1.807) is 11.3 Å². The molecular formula is C25H29N5OS. The first-order valence-corrected chi connectivity index (χ1v) is 12.2. The molecule has 32 heavy (non-hydrogen) atoms. The minimum absolute atomic E-state index is 0.0179. The van der Waals surface area contributed by atoms with Crippen LogP contribution in [0.1, 0.15) is 42.7 Å². The fourth-order valence-electron chi connectivity index (χ4n) is 4.86. The van der Waals surface area contributed by atoms with Crippen LogP contribution in [0.5, 0.6) is 0 Å². The number of aromatic nitrogens is 3. The van der Waals surface area contributed by atoms with Gasteiger partial charge >= 0.3 is 0 Å². The number of aryl methyl sites for hydroxylation is 1. The molecule has 0 aromatic carbocycles. The molecule has 0 atom stereocenters. The van der Waals surface area contributed by atoms with Gasteiger partial charge in [0.15, 0.2) is 5.13 Å². The molecule has 1 aliphatic carbocycles. The number of carbonyl (C=O) groups excluding carboxylic acids is 1. The summed E-state index contributed by atoms with van der Waals surface area (Å²) in [6, 6.07) is 4.35. The van der Waals surface area contributed by atoms with Gasteiger partial charge in [0, 0.05) is 48.4 Å². The predicted octanol–water partition coefficient (Wildman–Crippen LogP) is 5.54. The number of thiazole rings is 1. The lowest BCUT2D eigenvalue weighted by Gasteiger charge is -2.25. The highest BCUT2D eigenvalue weighted by atomic mass is 32.1. The Kier molecular flexibility index (Phi) is 5.83. The highest BCUT2D eigenvalue weighted by Crippen LogP contribution is 2.34. The largest absolute Gasteiger partial charge is 0.347 e. The lowest BCUT2D eigenvalue weighted by Crippen LogP contribution is -2.33. The quantitative estimate of drug-likeness (QED) is 0.504. The van der Waals surface area contributed by atoms with E-state index in [1.807, 2.05) is 11.1 Å². The van der Waals surface area contributed by atoms with Gasteiger partial charge < -0.3 is 14.8 Å². The fourth-order valence-corrected chi connectivity index (χ4v) is 5.53. The van der Waals surface area contributed by atoms with Gasteiger partial charge in [0.2, 0.25) is 5.91 Å². The summed E-state index contributed by atoms with van der Waals surface area (Å²) in [5.74, 6) is 1.56. The van der Waals surface area contributed by atoms with E-state index in [-0.39, 0.29) is 5.91 Å². The average Bonchev–Trinajstić information content (AvgIpc) is 3.56. The van der Waals surface area contributed by atoms with Gasteiger partial charge in [-0.3, -0.25) is 4.79 Å². The zero-order valence-corrected chi connectivity index (χ0v) is 19.3. The molecule has 3 aromatic rings. The lowest BCUT2D eigenvalue weighted by molar-refractivity contribution is -0.125. The standard InChI is InChI=1S/C25H29N5OS/c1-3-23(31)29-11-8-19(9-12-29)24-20-10-13-30(16-18-6-4-5-7-18)21(20)14-22(27-24)28-25-26-15-17(2)32-25/h3,8,10,13-15,18H,1,4-7,9,11-12,16H2,2H3,(H,26,27,28). The second-order valence-corrected chi connectivity index (χ2v) is 10.0. The van der Waals surface area contributed by atoms with E-state index in [4.69, 9.17) is 4.98 Å². The summed E-state index contributed by atoms with van der Waals surface area (Å²) >= 11 is 1.63. The minimum Gasteiger partial charge on any atom is -0.347 e. The van der Waals surface area contributed by atoms with E-state index in [0.29, 0.717) is 13.1 Å². The zero-order valence-electron chi connectivity index (χ0n) is 18.5. The number of nitrogens with one attached hydrogen (secondary N) is 1. The fraction of sp³-hybridized carbons (Fsp3) is 0.400. The van der Waals surface area contributed by atoms with E-state index >= 15 is 0 Å². The molecule has 0 radical (unpaired) electrons. The molecule has 6 nitrogen and oxygen atoms in total. The number of fused-ring (bicyclic) bond motifs is 1. The van der Waals surface area contributed by atoms with E-state index in [1.165, 1.54) is 53.1 Å². The molecule has 3 aromatic heterocycles. The van der Waals surface area contributed by atoms with Gasteiger partial charge in [0.25, 0.3) is 0 Å². The Bertz CT molecular complexity index is 1180. The topological polar surface area (TPSA) is 63.1 Å². The highest BCUT2D eigenvalue weighted by molar-refractivity contribution is 7.15. The molecule has 0 unspecified atom stereocenters. The normalized spacial score (nSPS) is 17.0. The van der Waals surface area contributed by atoms with Gasteiger partial charge in [-0.2, -0.15) is 0 Å². The number of anilines is 2. The molecule has 1 amide bonds. The summed E-state index contributed by atoms with van der Waals surface area (Å²) in [7, 11) is 0. The molecule has 5 rings (SSSR count). The Morgan fingerprint density at radius 2 is 2.22 bits per heavy atom. The maximum atomic E-state index is 12.0. The lowest BCUT2D eigenvalue weighted by atomic mass is 10.0. The SMILES string of the molecule is C=CC(=O)N1CC=C(c2nc(Nc3ncc(C)s3)cc3c2ccn3CC2CCCC2)CC1. The smallest absolute Gasteiger partial charge is 0.246 e. The Labute approximate surface area is 192 Å². The van der Waals surface area contributed by atoms with Crippen LogP contribution in [-0.4, -0.2) is 38.4 Å². The second-order valence-electron chi connectivity index (χ2n) is 8.78. The molecule has 1 saturated carbocycles. The molecule has 7 heteroatoms. The monoisotopic (exact) mass is 447 g/mol. The van der Waals surface area contributed by atoms with Gasteiger partial charge in [0.1, 0.15) is 5.82 Å². The number of nitrogens with zero attached hydrogens (tertiary/aromatic N) is 4. The summed E-state index contributed by atoms with van der Waals surface area (Å²) in [6.45, 7) is 8.01. The van der Waals surface area contributed by atoms with Gasteiger partial charge in [-0.15, -0.1) is 11.3 Å². The molecule has 166 valence electrons. The molecule has 2 aliphatic rings. The molecular weight excluding hydrogens is 418 g/mol. The van der Waals surface area contributed by atoms with Crippen molar-refractivity contribution in [3.63, 3.8) is 0 Å². The van der Waals surface area contributed by atoms with E-state index in [0.717, 1.165) is 35.5 Å². The number of hydrogen-bond donors (Lipinski definition) is 1. The molecule has 1 aliphatic heterocycles. The first kappa shape index (κ1) is 20.9. The van der Waals surface area contributed by atoms with Gasteiger partial charge in [-0.25, -0.2) is 9.97 Å². The number of carbonyl (C=O) groups is 1. The van der Waals surface area contributed by atoms with E-state index < -0.39 is 0 Å². The molecule has 0 saturated heterocycles. The van der Waals surface area contributed by atoms with Crippen LogP contribution in [0.3, 0.4) is 0 Å². The number of hydrogen-bond acceptors (Lipinski definition) is 5. The van der Waals surface area contributed by atoms with Gasteiger partial charge in [0.05, 0.1) is 11.2 Å². The number of pyridine rings is 1. The summed E-state index contributed by atoms with van der Waals surface area (Å²) in [5.41, 5.74) is 3.41. The Hall–Kier alpha value is -2.93. The van der Waals surface area contributed by atoms with Crippen LogP contribution in [0.2, 0.25) is 0 Å². The van der Waals surface area contributed by atoms with Crippen molar-refractivity contribution >= 4 is 44.7 Å². The minimum atomic E-state index is -0.0179. The Balaban J connectivity index is 1.52. The molecule has 4 heterocycles. The van der Waals surface area contributed by atoms with Crippen molar-refractivity contribution in [3.05, 3.63) is 53.8 Å². The summed E-state index contributed by atoms with van der Waals surface area (Å²) in [6.07, 6.45) is 13.7. The van der Waals surface area contributed by atoms with E-state index in [9.17, 15) is 4.79 Å². The van der Waals surface area contributed by atoms with Crippen LogP contribution in [-0.2, 0) is 11.3 Å². The van der Waals surface area contributed by atoms with Crippen LogP contribution in [0.25, 0.3) is 16.5 Å². The van der Waals surface area contributed by atoms with Crippen LogP contribution in [0.4, 0.5) is 10.9 Å². The maximum Gasteiger partial charge on any atom is 0.246 e. The van der Waals surface area contributed by atoms with Gasteiger partial charge in [-0.05, 0) is 49.8 Å². The van der Waals surface area contributed by atoms with Crippen molar-refractivity contribution in [1.29, 1.82) is 0 Å². The van der Waals surface area contributed by atoms with Crippen LogP contribution in [0, 0.1) is 12.8 Å². The van der Waals surface area contributed by atoms with Crippen molar-refractivity contribution in [2.24, 2.45) is 5.92 Å². The van der Waals surface area contributed by atoms with Crippen molar-refractivity contribution in [1.82, 2.24) is 19.4 Å². The molecule has 0 bridgehead atoms. The first-order chi connectivity index (χ1) is 15.6. The third kappa shape index (κ3) is 4.21. The van der Waals surface area contributed by atoms with Crippen molar-refractivity contribution in [2.45, 2.75) is 45.6 Å². The van der Waals surface area contributed by atoms with Crippen LogP contribution >= 0.6 is 11.3 Å². The zero-order chi connectivity index (χ0) is 22.1. The molecule has 1 N–H and O–H groups in total. The van der Waals surface area contributed by atoms with Crippen molar-refractivity contribution in [3.8, 4) is 0 Å². The maximum absolute atomic E-state index is 12.0. The third-order valence-electron chi connectivity index (χ3n) is 6.55. The average molecular weight is 448 g/mol. The first-order valence-electron chi connectivity index (χ1n) is 11.4. The Morgan fingerprint density at radius 3 is 2.91 bits per heavy atom. The molecule has 0 spiro atoms. The van der Waals surface area contributed by atoms with Gasteiger partial charge in [-0.1, -0.05) is 25.5 Å². The summed E-state index contributed by atoms with van der Waals surface area (Å²) in [4.78, 5) is 24.5. The van der Waals surface area contributed by atoms with Crippen molar-refractivity contribution in [2.75, 3.05) is 18.4 Å². The molecule has 1 fully saturated rings. The van der Waals surface area contributed by atoms with Crippen molar-refractivity contribution < 1.29 is 4.79 Å².